The number of hydrogen-bond donors (Lipinski definition) is 2. The van der Waals surface area contributed by atoms with Gasteiger partial charge in [0.25, 0.3) is 0 Å². The largest absolute Gasteiger partial charge is 0.478 e. The van der Waals surface area contributed by atoms with Crippen LogP contribution in [0.25, 0.3) is 28.0 Å². The molecule has 8 nitrogen and oxygen atoms in total. The minimum absolute atomic E-state index is 0.113. The molecule has 0 aliphatic rings. The van der Waals surface area contributed by atoms with Crippen LogP contribution in [0.4, 0.5) is 10.1 Å². The van der Waals surface area contributed by atoms with Gasteiger partial charge in [-0.1, -0.05) is 12.1 Å². The van der Waals surface area contributed by atoms with E-state index in [1.54, 1.807) is 54.3 Å². The number of hydrogen-bond acceptors (Lipinski definition) is 6. The van der Waals surface area contributed by atoms with Gasteiger partial charge in [-0.2, -0.15) is 10.4 Å². The normalized spacial score (nSPS) is 11.7. The number of nitriles is 1. The fourth-order valence-corrected chi connectivity index (χ4v) is 4.35. The van der Waals surface area contributed by atoms with Crippen LogP contribution in [0.15, 0.2) is 82.3 Å². The predicted octanol–water partition coefficient (Wildman–Crippen LogP) is 5.84. The number of carboxylic acids is 1. The van der Waals surface area contributed by atoms with E-state index in [4.69, 9.17) is 9.68 Å². The monoisotopic (exact) mass is 508 g/mol. The van der Waals surface area contributed by atoms with Crippen molar-refractivity contribution in [2.45, 2.75) is 19.9 Å². The molecule has 1 atom stereocenters. The van der Waals surface area contributed by atoms with E-state index in [-0.39, 0.29) is 11.1 Å². The third-order valence-corrected chi connectivity index (χ3v) is 6.20. The van der Waals surface area contributed by atoms with Gasteiger partial charge in [0.15, 0.2) is 5.43 Å². The molecule has 0 aliphatic heterocycles. The van der Waals surface area contributed by atoms with Gasteiger partial charge in [0.1, 0.15) is 22.7 Å². The standard InChI is InChI=1S/C29H21FN4O4/c1-16-10-21(17(2)33-24-5-3-4-23(30)27(24)29(36)37)28-22(11-16)25(35)12-26(38-28)19-14-32-34(15-19)20-8-6-18(13-31)7-9-20/h3-12,14-15,17,33H,1-2H3,(H,36,37). The molecule has 2 aromatic heterocycles. The SMILES string of the molecule is Cc1cc(C(C)Nc2cccc(F)c2C(=O)O)c2oc(-c3cnn(-c4ccc(C#N)cc4)c3)cc(=O)c2c1. The Hall–Kier alpha value is -5.23. The lowest BCUT2D eigenvalue weighted by molar-refractivity contribution is 0.0693. The Balaban J connectivity index is 1.57. The summed E-state index contributed by atoms with van der Waals surface area (Å²) in [6.07, 6.45) is 3.29. The summed E-state index contributed by atoms with van der Waals surface area (Å²) >= 11 is 0. The summed E-state index contributed by atoms with van der Waals surface area (Å²) in [4.78, 5) is 24.8. The number of carboxylic acid groups (broad SMARTS) is 1. The van der Waals surface area contributed by atoms with Crippen LogP contribution in [0.5, 0.6) is 0 Å². The van der Waals surface area contributed by atoms with Gasteiger partial charge in [-0.25, -0.2) is 13.9 Å². The van der Waals surface area contributed by atoms with E-state index in [0.717, 1.165) is 17.3 Å². The quantitative estimate of drug-likeness (QED) is 0.296. The maximum atomic E-state index is 14.2. The predicted molar refractivity (Wildman–Crippen MR) is 140 cm³/mol. The molecule has 2 heterocycles. The fraction of sp³-hybridized carbons (Fsp3) is 0.103. The molecule has 188 valence electrons. The highest BCUT2D eigenvalue weighted by molar-refractivity contribution is 5.94. The molecule has 0 amide bonds. The lowest BCUT2D eigenvalue weighted by Crippen LogP contribution is -2.13. The highest BCUT2D eigenvalue weighted by Gasteiger charge is 2.21. The first-order valence-electron chi connectivity index (χ1n) is 11.7. The summed E-state index contributed by atoms with van der Waals surface area (Å²) in [7, 11) is 0. The number of nitrogens with one attached hydrogen (secondary N) is 1. The van der Waals surface area contributed by atoms with Crippen LogP contribution in [0.3, 0.4) is 0 Å². The summed E-state index contributed by atoms with van der Waals surface area (Å²) in [6.45, 7) is 3.62. The van der Waals surface area contributed by atoms with Crippen molar-refractivity contribution >= 4 is 22.6 Å². The van der Waals surface area contributed by atoms with E-state index >= 15 is 0 Å². The number of benzene rings is 3. The van der Waals surface area contributed by atoms with Crippen LogP contribution in [-0.4, -0.2) is 20.9 Å². The lowest BCUT2D eigenvalue weighted by atomic mass is 10.00. The number of rotatable bonds is 6. The molecule has 9 heteroatoms. The van der Waals surface area contributed by atoms with Gasteiger partial charge in [-0.15, -0.1) is 0 Å². The van der Waals surface area contributed by atoms with E-state index in [1.165, 1.54) is 18.2 Å². The van der Waals surface area contributed by atoms with Crippen molar-refractivity contribution in [3.05, 3.63) is 111 Å². The number of aryl methyl sites for hydroxylation is 1. The number of halogens is 1. The average molecular weight is 509 g/mol. The Bertz CT molecular complexity index is 1800. The molecule has 5 aromatic rings. The molecule has 0 radical (unpaired) electrons. The summed E-state index contributed by atoms with van der Waals surface area (Å²) in [6, 6.07) is 17.4. The summed E-state index contributed by atoms with van der Waals surface area (Å²) in [5.74, 6) is -1.94. The molecule has 2 N–H and O–H groups in total. The molecule has 0 fully saturated rings. The van der Waals surface area contributed by atoms with Crippen molar-refractivity contribution in [2.75, 3.05) is 5.32 Å². The molecule has 5 rings (SSSR count). The van der Waals surface area contributed by atoms with Gasteiger partial charge < -0.3 is 14.8 Å². The average Bonchev–Trinajstić information content (AvgIpc) is 3.39. The first-order valence-corrected chi connectivity index (χ1v) is 11.7. The lowest BCUT2D eigenvalue weighted by Gasteiger charge is -2.19. The van der Waals surface area contributed by atoms with Crippen LogP contribution in [0.2, 0.25) is 0 Å². The Morgan fingerprint density at radius 1 is 1.18 bits per heavy atom. The van der Waals surface area contributed by atoms with Crippen LogP contribution in [0.1, 0.15) is 40.0 Å². The van der Waals surface area contributed by atoms with Gasteiger partial charge in [0.2, 0.25) is 0 Å². The maximum Gasteiger partial charge on any atom is 0.340 e. The summed E-state index contributed by atoms with van der Waals surface area (Å²) < 4.78 is 22.1. The number of fused-ring (bicyclic) bond motifs is 1. The number of carbonyl (C=O) groups is 1. The molecule has 1 unspecified atom stereocenters. The Labute approximate surface area is 216 Å². The first-order chi connectivity index (χ1) is 18.2. The summed E-state index contributed by atoms with van der Waals surface area (Å²) in [5.41, 5.74) is 2.98. The molecular weight excluding hydrogens is 487 g/mol. The van der Waals surface area contributed by atoms with Crippen molar-refractivity contribution < 1.29 is 18.7 Å². The number of aromatic carboxylic acids is 1. The first kappa shape index (κ1) is 24.5. The van der Waals surface area contributed by atoms with E-state index in [2.05, 4.69) is 16.5 Å². The fourth-order valence-electron chi connectivity index (χ4n) is 4.35. The second-order valence-electron chi connectivity index (χ2n) is 8.87. The maximum absolute atomic E-state index is 14.2. The molecule has 3 aromatic carbocycles. The Morgan fingerprint density at radius 2 is 1.95 bits per heavy atom. The van der Waals surface area contributed by atoms with E-state index in [0.29, 0.717) is 33.4 Å². The third-order valence-electron chi connectivity index (χ3n) is 6.20. The van der Waals surface area contributed by atoms with Crippen molar-refractivity contribution in [1.29, 1.82) is 5.26 Å². The smallest absolute Gasteiger partial charge is 0.340 e. The van der Waals surface area contributed by atoms with Gasteiger partial charge in [0, 0.05) is 17.8 Å². The minimum Gasteiger partial charge on any atom is -0.478 e. The number of nitrogens with zero attached hydrogens (tertiary/aromatic N) is 3. The second kappa shape index (κ2) is 9.67. The molecule has 0 bridgehead atoms. The Kier molecular flexibility index (Phi) is 6.23. The summed E-state index contributed by atoms with van der Waals surface area (Å²) in [5, 5.41) is 26.3. The van der Waals surface area contributed by atoms with Crippen molar-refractivity contribution in [3.8, 4) is 23.1 Å². The van der Waals surface area contributed by atoms with E-state index < -0.39 is 23.4 Å². The molecule has 0 saturated heterocycles. The second-order valence-corrected chi connectivity index (χ2v) is 8.87. The van der Waals surface area contributed by atoms with Gasteiger partial charge in [0.05, 0.1) is 46.2 Å². The van der Waals surface area contributed by atoms with E-state index in [9.17, 15) is 19.1 Å². The highest BCUT2D eigenvalue weighted by Crippen LogP contribution is 2.32. The van der Waals surface area contributed by atoms with Gasteiger partial charge in [-0.3, -0.25) is 4.79 Å². The van der Waals surface area contributed by atoms with Crippen LogP contribution in [0, 0.1) is 24.1 Å². The minimum atomic E-state index is -1.39. The zero-order chi connectivity index (χ0) is 27.0. The molecule has 0 aliphatic carbocycles. The van der Waals surface area contributed by atoms with Gasteiger partial charge >= 0.3 is 5.97 Å². The van der Waals surface area contributed by atoms with Crippen LogP contribution < -0.4 is 10.7 Å². The molecular formula is C29H21FN4O4. The highest BCUT2D eigenvalue weighted by atomic mass is 19.1. The van der Waals surface area contributed by atoms with Crippen LogP contribution in [-0.2, 0) is 0 Å². The van der Waals surface area contributed by atoms with E-state index in [1.807, 2.05) is 13.0 Å². The zero-order valence-corrected chi connectivity index (χ0v) is 20.4. The van der Waals surface area contributed by atoms with Crippen molar-refractivity contribution in [3.63, 3.8) is 0 Å². The van der Waals surface area contributed by atoms with Crippen molar-refractivity contribution in [2.24, 2.45) is 0 Å². The molecule has 38 heavy (non-hydrogen) atoms. The molecule has 0 saturated carbocycles. The Morgan fingerprint density at radius 3 is 2.66 bits per heavy atom. The van der Waals surface area contributed by atoms with Crippen LogP contribution >= 0.6 is 0 Å². The van der Waals surface area contributed by atoms with Gasteiger partial charge in [-0.05, 0) is 61.9 Å². The number of anilines is 1. The topological polar surface area (TPSA) is 121 Å². The molecule has 0 spiro atoms. The zero-order valence-electron chi connectivity index (χ0n) is 20.4. The van der Waals surface area contributed by atoms with Crippen molar-refractivity contribution in [1.82, 2.24) is 9.78 Å². The third kappa shape index (κ3) is 4.51. The number of aromatic nitrogens is 2.